The second-order valence-corrected chi connectivity index (χ2v) is 6.50. The first-order valence-electron chi connectivity index (χ1n) is 7.97. The minimum absolute atomic E-state index is 0.168. The first-order chi connectivity index (χ1) is 9.71. The van der Waals surface area contributed by atoms with Gasteiger partial charge in [0.15, 0.2) is 0 Å². The van der Waals surface area contributed by atoms with Crippen molar-refractivity contribution < 1.29 is 9.59 Å². The van der Waals surface area contributed by atoms with Crippen LogP contribution in [0.4, 0.5) is 0 Å². The van der Waals surface area contributed by atoms with Crippen molar-refractivity contribution in [3.63, 3.8) is 0 Å². The molecule has 20 heavy (non-hydrogen) atoms. The van der Waals surface area contributed by atoms with E-state index in [4.69, 9.17) is 0 Å². The molecule has 1 aliphatic carbocycles. The molecule has 3 rings (SSSR count). The van der Waals surface area contributed by atoms with E-state index < -0.39 is 0 Å². The van der Waals surface area contributed by atoms with Crippen molar-refractivity contribution in [3.8, 4) is 0 Å². The van der Waals surface area contributed by atoms with Crippen LogP contribution < -0.4 is 10.6 Å². The number of piperidine rings is 1. The maximum Gasteiger partial charge on any atom is 0.224 e. The zero-order valence-electron chi connectivity index (χ0n) is 12.1. The molecular weight excluding hydrogens is 254 g/mol. The Bertz CT molecular complexity index is 385. The van der Waals surface area contributed by atoms with Gasteiger partial charge in [-0.2, -0.15) is 0 Å². The predicted octanol–water partition coefficient (Wildman–Crippen LogP) is 0.505. The zero-order valence-corrected chi connectivity index (χ0v) is 12.1. The highest BCUT2D eigenvalue weighted by atomic mass is 16.2. The quantitative estimate of drug-likeness (QED) is 0.788. The van der Waals surface area contributed by atoms with Gasteiger partial charge in [-0.15, -0.1) is 0 Å². The summed E-state index contributed by atoms with van der Waals surface area (Å²) in [5, 5.41) is 6.31. The topological polar surface area (TPSA) is 61.4 Å². The number of carbonyl (C=O) groups excluding carboxylic acids is 2. The molecular formula is C15H25N3O2. The minimum atomic E-state index is 0.168. The molecule has 2 aliphatic heterocycles. The number of hydrogen-bond acceptors (Lipinski definition) is 3. The summed E-state index contributed by atoms with van der Waals surface area (Å²) < 4.78 is 0. The van der Waals surface area contributed by atoms with Crippen molar-refractivity contribution in [1.82, 2.24) is 15.5 Å². The molecule has 2 N–H and O–H groups in total. The average Bonchev–Trinajstić information content (AvgIpc) is 2.92. The molecule has 0 aromatic heterocycles. The Morgan fingerprint density at radius 3 is 2.60 bits per heavy atom. The van der Waals surface area contributed by atoms with Gasteiger partial charge in [0.1, 0.15) is 0 Å². The van der Waals surface area contributed by atoms with E-state index in [1.807, 2.05) is 4.90 Å². The molecule has 0 radical (unpaired) electrons. The fourth-order valence-electron chi connectivity index (χ4n) is 3.74. The molecule has 3 aliphatic rings. The molecule has 1 unspecified atom stereocenters. The van der Waals surface area contributed by atoms with Gasteiger partial charge in [0.25, 0.3) is 0 Å². The highest BCUT2D eigenvalue weighted by Gasteiger charge is 2.57. The summed E-state index contributed by atoms with van der Waals surface area (Å²) in [6.45, 7) is 4.37. The van der Waals surface area contributed by atoms with Crippen LogP contribution in [0.1, 0.15) is 38.5 Å². The van der Waals surface area contributed by atoms with Gasteiger partial charge in [0, 0.05) is 32.0 Å². The Kier molecular flexibility index (Phi) is 3.96. The molecule has 0 aromatic carbocycles. The third-order valence-electron chi connectivity index (χ3n) is 5.20. The summed E-state index contributed by atoms with van der Waals surface area (Å²) in [7, 11) is 0. The van der Waals surface area contributed by atoms with Crippen molar-refractivity contribution in [2.45, 2.75) is 38.5 Å². The molecule has 2 saturated heterocycles. The average molecular weight is 279 g/mol. The Morgan fingerprint density at radius 1 is 1.20 bits per heavy atom. The van der Waals surface area contributed by atoms with Crippen LogP contribution in [-0.4, -0.2) is 49.4 Å². The molecule has 3 fully saturated rings. The molecule has 2 heterocycles. The van der Waals surface area contributed by atoms with E-state index in [0.717, 1.165) is 58.3 Å². The van der Waals surface area contributed by atoms with E-state index >= 15 is 0 Å². The van der Waals surface area contributed by atoms with E-state index in [9.17, 15) is 9.59 Å². The summed E-state index contributed by atoms with van der Waals surface area (Å²) >= 11 is 0. The summed E-state index contributed by atoms with van der Waals surface area (Å²) in [5.74, 6) is 0.558. The van der Waals surface area contributed by atoms with Crippen molar-refractivity contribution in [2.24, 2.45) is 11.3 Å². The molecule has 112 valence electrons. The number of likely N-dealkylation sites (tertiary alicyclic amines) is 1. The molecule has 0 bridgehead atoms. The highest BCUT2D eigenvalue weighted by Crippen LogP contribution is 2.58. The number of amides is 2. The van der Waals surface area contributed by atoms with Gasteiger partial charge in [-0.25, -0.2) is 0 Å². The normalized spacial score (nSPS) is 27.6. The number of hydrogen-bond donors (Lipinski definition) is 2. The number of nitrogens with zero attached hydrogens (tertiary/aromatic N) is 1. The predicted molar refractivity (Wildman–Crippen MR) is 76.1 cm³/mol. The van der Waals surface area contributed by atoms with Gasteiger partial charge in [0.05, 0.1) is 0 Å². The minimum Gasteiger partial charge on any atom is -0.355 e. The van der Waals surface area contributed by atoms with Gasteiger partial charge < -0.3 is 15.5 Å². The molecule has 1 spiro atoms. The third kappa shape index (κ3) is 2.82. The Hall–Kier alpha value is -1.10. The highest BCUT2D eigenvalue weighted by molar-refractivity contribution is 5.83. The lowest BCUT2D eigenvalue weighted by atomic mass is 9.92. The van der Waals surface area contributed by atoms with Crippen molar-refractivity contribution in [1.29, 1.82) is 0 Å². The molecule has 1 atom stereocenters. The number of carbonyl (C=O) groups is 2. The summed E-state index contributed by atoms with van der Waals surface area (Å²) in [6.07, 6.45) is 5.98. The monoisotopic (exact) mass is 279 g/mol. The Morgan fingerprint density at radius 2 is 1.90 bits per heavy atom. The first-order valence-corrected chi connectivity index (χ1v) is 7.97. The second-order valence-electron chi connectivity index (χ2n) is 6.50. The van der Waals surface area contributed by atoms with E-state index in [1.165, 1.54) is 0 Å². The lowest BCUT2D eigenvalue weighted by molar-refractivity contribution is -0.130. The molecule has 1 saturated carbocycles. The van der Waals surface area contributed by atoms with Crippen LogP contribution >= 0.6 is 0 Å². The fraction of sp³-hybridized carbons (Fsp3) is 0.867. The van der Waals surface area contributed by atoms with E-state index in [2.05, 4.69) is 10.6 Å². The largest absolute Gasteiger partial charge is 0.355 e. The van der Waals surface area contributed by atoms with Crippen molar-refractivity contribution in [2.75, 3.05) is 32.7 Å². The number of nitrogens with one attached hydrogen (secondary N) is 2. The van der Waals surface area contributed by atoms with E-state index in [0.29, 0.717) is 13.0 Å². The Balaban J connectivity index is 1.36. The fourth-order valence-corrected chi connectivity index (χ4v) is 3.74. The first kappa shape index (κ1) is 13.9. The standard InChI is InChI=1S/C15H25N3O2/c19-13(18-9-1-2-10-18)3-6-17-14(20)12-11-15(12)4-7-16-8-5-15/h12,16H,1-11H2,(H,17,20). The summed E-state index contributed by atoms with van der Waals surface area (Å²) in [6, 6.07) is 0. The smallest absolute Gasteiger partial charge is 0.224 e. The van der Waals surface area contributed by atoms with Crippen molar-refractivity contribution in [3.05, 3.63) is 0 Å². The molecule has 5 nitrogen and oxygen atoms in total. The van der Waals surface area contributed by atoms with Gasteiger partial charge in [0.2, 0.25) is 11.8 Å². The third-order valence-corrected chi connectivity index (χ3v) is 5.20. The van der Waals surface area contributed by atoms with Crippen LogP contribution in [0.3, 0.4) is 0 Å². The maximum atomic E-state index is 12.1. The zero-order chi connectivity index (χ0) is 14.0. The summed E-state index contributed by atoms with van der Waals surface area (Å²) in [5.41, 5.74) is 0.286. The van der Waals surface area contributed by atoms with Gasteiger partial charge in [-0.3, -0.25) is 9.59 Å². The van der Waals surface area contributed by atoms with Crippen LogP contribution in [0, 0.1) is 11.3 Å². The van der Waals surface area contributed by atoms with Crippen LogP contribution in [0.5, 0.6) is 0 Å². The molecule has 5 heteroatoms. The SMILES string of the molecule is O=C(NCCC(=O)N1CCCC1)C1CC12CCNCC2. The van der Waals surface area contributed by atoms with Gasteiger partial charge in [-0.05, 0) is 50.6 Å². The van der Waals surface area contributed by atoms with Crippen molar-refractivity contribution >= 4 is 11.8 Å². The molecule has 2 amide bonds. The van der Waals surface area contributed by atoms with Crippen LogP contribution in [-0.2, 0) is 9.59 Å². The second kappa shape index (κ2) is 5.72. The molecule has 0 aromatic rings. The van der Waals surface area contributed by atoms with Crippen LogP contribution in [0.25, 0.3) is 0 Å². The van der Waals surface area contributed by atoms with E-state index in [-0.39, 0.29) is 23.1 Å². The maximum absolute atomic E-state index is 12.1. The van der Waals surface area contributed by atoms with Crippen LogP contribution in [0.2, 0.25) is 0 Å². The van der Waals surface area contributed by atoms with Gasteiger partial charge >= 0.3 is 0 Å². The Labute approximate surface area is 120 Å². The summed E-state index contributed by atoms with van der Waals surface area (Å²) in [4.78, 5) is 25.9. The lowest BCUT2D eigenvalue weighted by Gasteiger charge is -2.23. The lowest BCUT2D eigenvalue weighted by Crippen LogP contribution is -2.36. The van der Waals surface area contributed by atoms with Gasteiger partial charge in [-0.1, -0.05) is 0 Å². The van der Waals surface area contributed by atoms with Crippen LogP contribution in [0.15, 0.2) is 0 Å². The van der Waals surface area contributed by atoms with E-state index in [1.54, 1.807) is 0 Å². The number of rotatable bonds is 4.